The van der Waals surface area contributed by atoms with E-state index in [1.807, 2.05) is 0 Å². The van der Waals surface area contributed by atoms with Crippen molar-refractivity contribution in [1.82, 2.24) is 29.9 Å². The monoisotopic (exact) mass is 1150 g/mol. The van der Waals surface area contributed by atoms with E-state index in [2.05, 4.69) is 50.5 Å². The second-order valence-electron chi connectivity index (χ2n) is 15.0. The van der Waals surface area contributed by atoms with E-state index in [9.17, 15) is 91.5 Å². The quantitative estimate of drug-likeness (QED) is 0.0279. The largest absolute Gasteiger partial charge is 1.00 e. The van der Waals surface area contributed by atoms with Gasteiger partial charge in [-0.25, -0.2) is 43.7 Å². The van der Waals surface area contributed by atoms with Gasteiger partial charge in [0.25, 0.3) is 0 Å². The van der Waals surface area contributed by atoms with Crippen LogP contribution in [0, 0.1) is 0 Å². The first kappa shape index (κ1) is 59.8. The maximum absolute atomic E-state index is 12.6. The molecule has 0 bridgehead atoms. The molecule has 2 heterocycles. The van der Waals surface area contributed by atoms with Gasteiger partial charge in [0.2, 0.25) is 35.0 Å². The number of hydrogen-bond acceptors (Lipinski definition) is 30. The van der Waals surface area contributed by atoms with E-state index < -0.39 is 156 Å². The molecule has 0 aliphatic rings. The van der Waals surface area contributed by atoms with Gasteiger partial charge >= 0.3 is 29.6 Å². The Hall–Kier alpha value is -8.04. The van der Waals surface area contributed by atoms with E-state index in [1.54, 1.807) is 0 Å². The maximum Gasteiger partial charge on any atom is 1.00 e. The fraction of sp³-hybridized carbons (Fsp3) is 0.100. The van der Waals surface area contributed by atoms with E-state index in [4.69, 9.17) is 0 Å². The number of anilines is 6. The summed E-state index contributed by atoms with van der Waals surface area (Å²) >= 11 is 0. The van der Waals surface area contributed by atoms with Gasteiger partial charge in [-0.1, -0.05) is 24.3 Å². The van der Waals surface area contributed by atoms with Gasteiger partial charge in [-0.15, -0.1) is 0 Å². The molecule has 37 heteroatoms. The minimum absolute atomic E-state index is 0. The fourth-order valence-electron chi connectivity index (χ4n) is 6.30. The molecule has 32 nitrogen and oxygen atoms in total. The van der Waals surface area contributed by atoms with Crippen molar-refractivity contribution in [3.63, 3.8) is 0 Å². The topological polar surface area (TPSA) is 528 Å². The molecular formula is C40H28N12NaO20S4-7. The summed E-state index contributed by atoms with van der Waals surface area (Å²) in [5.41, 5.74) is -2.67. The standard InChI is InChI=1S/C40H36N12O20S4.Na/c53-31(54)17-51(18-32(55)56)39-47-35(41-23-7-11-27(12-8-23)73(61,62)63)45-37(49-39)43-25-5-3-21(29(15-25)75(67,68)69)1-2-22-4-6-26(16-30(22)76(70,71)72)44-38-46-36(42-24-9-13-28(14-10-24)74(64,65)66)48-40(50-38)52(19-33(57)58)20-34(59)60;/h1-16H,17-20H2,(H,53,54)(H,55,56)(H,57,58)(H,59,60)(H,61,62,63)(H,64,65,66)(H,67,68,69)(H,70,71,72)(H2,41,43,45,47,49)(H2,42,44,46,48,50);/q;+1/p-8/b2-1+;. The molecule has 0 spiro atoms. The van der Waals surface area contributed by atoms with E-state index in [0.29, 0.717) is 21.9 Å². The molecule has 6 rings (SSSR count). The average Bonchev–Trinajstić information content (AvgIpc) is 3.29. The Morgan fingerprint density at radius 1 is 0.481 bits per heavy atom. The Kier molecular flexibility index (Phi) is 18.9. The molecule has 0 aliphatic heterocycles. The first-order valence-corrected chi connectivity index (χ1v) is 25.9. The Balaban J connectivity index is 0.0000109. The molecule has 0 radical (unpaired) electrons. The summed E-state index contributed by atoms with van der Waals surface area (Å²) in [6.45, 7) is -4.42. The SMILES string of the molecule is O=C([O-])CN(CC(=O)[O-])c1nc(Nc2ccc(S(=O)(=O)[O-])cc2)nc(=Nc2ccc(/C=C/c3ccc(N=c4nc(Nc5ccc(S(=O)(=O)[O-])cc5)nc(N(CC(=O)[O-])CC(=O)[O-])[nH]4)cc3S(=O)(=O)[O-])c(S(=O)(=O)[O-])c2)[nH]1.[Na+]. The van der Waals surface area contributed by atoms with Crippen molar-refractivity contribution in [3.8, 4) is 0 Å². The normalized spacial score (nSPS) is 12.4. The predicted molar refractivity (Wildman–Crippen MR) is 241 cm³/mol. The summed E-state index contributed by atoms with van der Waals surface area (Å²) in [5.74, 6) is -9.27. The van der Waals surface area contributed by atoms with E-state index in [-0.39, 0.29) is 52.3 Å². The van der Waals surface area contributed by atoms with Crippen LogP contribution in [0.1, 0.15) is 11.1 Å². The molecule has 0 fully saturated rings. The number of benzene rings is 4. The second-order valence-corrected chi connectivity index (χ2v) is 20.4. The summed E-state index contributed by atoms with van der Waals surface area (Å²) in [7, 11) is -20.7. The molecular weight excluding hydrogens is 1120 g/mol. The molecule has 0 amide bonds. The van der Waals surface area contributed by atoms with Crippen LogP contribution >= 0.6 is 0 Å². The number of aromatic amines is 2. The zero-order valence-corrected chi connectivity index (χ0v) is 43.7. The number of carboxylic acid groups (broad SMARTS) is 4. The van der Waals surface area contributed by atoms with Crippen molar-refractivity contribution in [1.29, 1.82) is 0 Å². The molecule has 400 valence electrons. The second kappa shape index (κ2) is 24.3. The minimum Gasteiger partial charge on any atom is -0.744 e. The van der Waals surface area contributed by atoms with Crippen molar-refractivity contribution in [2.24, 2.45) is 9.98 Å². The van der Waals surface area contributed by atoms with Gasteiger partial charge in [0.15, 0.2) is 0 Å². The molecule has 0 aliphatic carbocycles. The summed E-state index contributed by atoms with van der Waals surface area (Å²) in [5, 5.41) is 51.3. The van der Waals surface area contributed by atoms with E-state index >= 15 is 0 Å². The van der Waals surface area contributed by atoms with Gasteiger partial charge in [0.1, 0.15) is 40.5 Å². The summed E-state index contributed by atoms with van der Waals surface area (Å²) < 4.78 is 144. The van der Waals surface area contributed by atoms with Crippen molar-refractivity contribution < 1.29 is 121 Å². The molecule has 4 N–H and O–H groups in total. The van der Waals surface area contributed by atoms with E-state index in [1.165, 1.54) is 0 Å². The van der Waals surface area contributed by atoms with Crippen LogP contribution in [0.15, 0.2) is 114 Å². The number of hydrogen-bond donors (Lipinski definition) is 4. The van der Waals surface area contributed by atoms with Crippen LogP contribution in [0.3, 0.4) is 0 Å². The zero-order valence-electron chi connectivity index (χ0n) is 38.4. The molecule has 0 atom stereocenters. The number of nitrogens with zero attached hydrogens (tertiary/aromatic N) is 8. The van der Waals surface area contributed by atoms with Crippen LogP contribution in [0.25, 0.3) is 12.2 Å². The smallest absolute Gasteiger partial charge is 0.744 e. The van der Waals surface area contributed by atoms with Crippen LogP contribution in [-0.2, 0) is 59.7 Å². The Bertz CT molecular complexity index is 3650. The third kappa shape index (κ3) is 17.2. The van der Waals surface area contributed by atoms with Gasteiger partial charge in [0.05, 0.1) is 81.0 Å². The van der Waals surface area contributed by atoms with Crippen LogP contribution in [0.4, 0.5) is 46.5 Å². The number of rotatable bonds is 22. The Labute approximate surface area is 454 Å². The van der Waals surface area contributed by atoms with Crippen molar-refractivity contribution >= 4 is 123 Å². The number of carbonyl (C=O) groups excluding carboxylic acids is 4. The first-order valence-electron chi connectivity index (χ1n) is 20.3. The third-order valence-electron chi connectivity index (χ3n) is 9.42. The van der Waals surface area contributed by atoms with Crippen LogP contribution < -0.4 is 81.7 Å². The van der Waals surface area contributed by atoms with E-state index in [0.717, 1.165) is 84.9 Å². The summed E-state index contributed by atoms with van der Waals surface area (Å²) in [6.07, 6.45) is 1.83. The van der Waals surface area contributed by atoms with Gasteiger partial charge in [-0.3, -0.25) is 9.97 Å². The number of aromatic nitrogens is 6. The van der Waals surface area contributed by atoms with Crippen LogP contribution in [-0.4, -0.2) is 132 Å². The van der Waals surface area contributed by atoms with Gasteiger partial charge in [0, 0.05) is 11.4 Å². The predicted octanol–water partition coefficient (Wildman–Crippen LogP) is -8.72. The molecule has 0 saturated carbocycles. The third-order valence-corrected chi connectivity index (χ3v) is 12.9. The number of aliphatic carboxylic acids is 4. The summed E-state index contributed by atoms with van der Waals surface area (Å²) in [6, 6.07) is 13.7. The van der Waals surface area contributed by atoms with Gasteiger partial charge in [-0.2, -0.15) is 19.9 Å². The number of carboxylic acids is 4. The molecule has 6 aromatic rings. The van der Waals surface area contributed by atoms with Gasteiger partial charge in [-0.05, 0) is 83.9 Å². The Morgan fingerprint density at radius 2 is 0.792 bits per heavy atom. The van der Waals surface area contributed by atoms with Crippen molar-refractivity contribution in [2.45, 2.75) is 19.6 Å². The first-order chi connectivity index (χ1) is 35.4. The maximum atomic E-state index is 12.6. The zero-order chi connectivity index (χ0) is 55.9. The molecule has 0 saturated heterocycles. The number of H-pyrrole nitrogens is 2. The molecule has 77 heavy (non-hydrogen) atoms. The molecule has 0 unspecified atom stereocenters. The van der Waals surface area contributed by atoms with Crippen LogP contribution in [0.5, 0.6) is 0 Å². The molecule has 4 aromatic carbocycles. The van der Waals surface area contributed by atoms with Crippen LogP contribution in [0.2, 0.25) is 0 Å². The number of nitrogens with one attached hydrogen (secondary N) is 4. The van der Waals surface area contributed by atoms with Gasteiger partial charge < -0.3 is 78.2 Å². The number of carbonyl (C=O) groups is 4. The van der Waals surface area contributed by atoms with Crippen molar-refractivity contribution in [2.75, 3.05) is 46.6 Å². The minimum atomic E-state index is -5.46. The average molecular weight is 1150 g/mol. The molecule has 2 aromatic heterocycles. The fourth-order valence-corrected chi connectivity index (χ4v) is 8.62. The van der Waals surface area contributed by atoms with Crippen molar-refractivity contribution in [3.05, 3.63) is 107 Å². The summed E-state index contributed by atoms with van der Waals surface area (Å²) in [4.78, 5) is 73.2. The Morgan fingerprint density at radius 3 is 1.06 bits per heavy atom.